The lowest BCUT2D eigenvalue weighted by atomic mass is 10.3. The maximum Gasteiger partial charge on any atom is 0.150 e. The van der Waals surface area contributed by atoms with Crippen LogP contribution in [0.1, 0.15) is 5.69 Å². The van der Waals surface area contributed by atoms with Gasteiger partial charge in [-0.25, -0.2) is 4.98 Å². The Morgan fingerprint density at radius 2 is 2.36 bits per heavy atom. The van der Waals surface area contributed by atoms with Gasteiger partial charge in [0.1, 0.15) is 11.8 Å². The van der Waals surface area contributed by atoms with E-state index >= 15 is 0 Å². The van der Waals surface area contributed by atoms with Gasteiger partial charge in [0, 0.05) is 7.05 Å². The first-order chi connectivity index (χ1) is 5.27. The van der Waals surface area contributed by atoms with Crippen molar-refractivity contribution in [1.29, 1.82) is 5.26 Å². The lowest BCUT2D eigenvalue weighted by Gasteiger charge is -2.01. The van der Waals surface area contributed by atoms with Crippen LogP contribution < -0.4 is 11.1 Å². The summed E-state index contributed by atoms with van der Waals surface area (Å²) < 4.78 is 0. The fourth-order valence-corrected chi connectivity index (χ4v) is 0.732. The third-order valence-electron chi connectivity index (χ3n) is 1.28. The molecule has 1 aromatic heterocycles. The molecule has 0 spiro atoms. The molecule has 0 radical (unpaired) electrons. The first-order valence-corrected chi connectivity index (χ1v) is 3.12. The van der Waals surface area contributed by atoms with E-state index in [0.29, 0.717) is 17.2 Å². The molecule has 0 aromatic carbocycles. The number of hydrogen-bond donors (Lipinski definition) is 2. The van der Waals surface area contributed by atoms with E-state index < -0.39 is 0 Å². The molecule has 3 N–H and O–H groups in total. The first kappa shape index (κ1) is 7.35. The van der Waals surface area contributed by atoms with E-state index in [1.54, 1.807) is 19.2 Å². The molecule has 0 bridgehead atoms. The second-order valence-electron chi connectivity index (χ2n) is 2.00. The van der Waals surface area contributed by atoms with Crippen molar-refractivity contribution in [2.75, 3.05) is 18.1 Å². The molecule has 0 saturated heterocycles. The second kappa shape index (κ2) is 2.88. The Bertz CT molecular complexity index is 300. The molecule has 1 aromatic rings. The van der Waals surface area contributed by atoms with Crippen LogP contribution in [-0.4, -0.2) is 12.0 Å². The van der Waals surface area contributed by atoms with Gasteiger partial charge in [-0.1, -0.05) is 0 Å². The van der Waals surface area contributed by atoms with Crippen molar-refractivity contribution in [2.45, 2.75) is 0 Å². The number of hydrogen-bond acceptors (Lipinski definition) is 4. The van der Waals surface area contributed by atoms with Crippen LogP contribution in [0.4, 0.5) is 11.5 Å². The molecule has 0 atom stereocenters. The van der Waals surface area contributed by atoms with E-state index in [4.69, 9.17) is 11.0 Å². The average molecular weight is 148 g/mol. The molecule has 56 valence electrons. The summed E-state index contributed by atoms with van der Waals surface area (Å²) in [6, 6.07) is 5.15. The molecular weight excluding hydrogens is 140 g/mol. The van der Waals surface area contributed by atoms with Crippen LogP contribution in [0, 0.1) is 11.3 Å². The number of nitrogens with one attached hydrogen (secondary N) is 1. The monoisotopic (exact) mass is 148 g/mol. The molecular formula is C7H8N4. The van der Waals surface area contributed by atoms with Crippen molar-refractivity contribution in [2.24, 2.45) is 0 Å². The van der Waals surface area contributed by atoms with Crippen LogP contribution in [-0.2, 0) is 0 Å². The van der Waals surface area contributed by atoms with Crippen LogP contribution in [0.15, 0.2) is 12.1 Å². The Labute approximate surface area is 64.7 Å². The van der Waals surface area contributed by atoms with E-state index in [9.17, 15) is 0 Å². The summed E-state index contributed by atoms with van der Waals surface area (Å²) in [5.41, 5.74) is 6.43. The minimum absolute atomic E-state index is 0.364. The summed E-state index contributed by atoms with van der Waals surface area (Å²) in [4.78, 5) is 3.91. The lowest BCUT2D eigenvalue weighted by molar-refractivity contribution is 1.24. The van der Waals surface area contributed by atoms with Crippen LogP contribution in [0.25, 0.3) is 0 Å². The van der Waals surface area contributed by atoms with Gasteiger partial charge in [0.05, 0.1) is 5.69 Å². The fourth-order valence-electron chi connectivity index (χ4n) is 0.732. The van der Waals surface area contributed by atoms with Crippen LogP contribution in [0.5, 0.6) is 0 Å². The Morgan fingerprint density at radius 1 is 1.64 bits per heavy atom. The van der Waals surface area contributed by atoms with Crippen molar-refractivity contribution >= 4 is 11.5 Å². The quantitative estimate of drug-likeness (QED) is 0.610. The summed E-state index contributed by atoms with van der Waals surface area (Å²) in [6.07, 6.45) is 0. The number of rotatable bonds is 1. The maximum absolute atomic E-state index is 8.47. The van der Waals surface area contributed by atoms with Crippen molar-refractivity contribution in [3.05, 3.63) is 17.8 Å². The van der Waals surface area contributed by atoms with Gasteiger partial charge in [-0.2, -0.15) is 5.26 Å². The smallest absolute Gasteiger partial charge is 0.150 e. The first-order valence-electron chi connectivity index (χ1n) is 3.12. The zero-order chi connectivity index (χ0) is 8.27. The molecule has 1 heterocycles. The predicted octanol–water partition coefficient (Wildman–Crippen LogP) is 0.577. The molecule has 0 aliphatic carbocycles. The van der Waals surface area contributed by atoms with Crippen molar-refractivity contribution in [3.8, 4) is 6.07 Å². The summed E-state index contributed by atoms with van der Waals surface area (Å²) in [5.74, 6) is 0.545. The van der Waals surface area contributed by atoms with Gasteiger partial charge in [0.2, 0.25) is 0 Å². The van der Waals surface area contributed by atoms with Gasteiger partial charge in [0.25, 0.3) is 0 Å². The molecule has 0 saturated carbocycles. The predicted molar refractivity (Wildman–Crippen MR) is 42.9 cm³/mol. The molecule has 4 nitrogen and oxygen atoms in total. The molecule has 0 aliphatic heterocycles. The number of pyridine rings is 1. The van der Waals surface area contributed by atoms with Gasteiger partial charge in [-0.05, 0) is 12.1 Å². The standard InChI is InChI=1S/C7H8N4/c1-10-7-6(9)3-2-5(4-8)11-7/h2-3H,9H2,1H3,(H,10,11). The van der Waals surface area contributed by atoms with Gasteiger partial charge < -0.3 is 11.1 Å². The molecule has 0 amide bonds. The maximum atomic E-state index is 8.47. The number of nitrogens with two attached hydrogens (primary N) is 1. The normalized spacial score (nSPS) is 8.73. The van der Waals surface area contributed by atoms with E-state index in [-0.39, 0.29) is 0 Å². The number of nitrogen functional groups attached to an aromatic ring is 1. The van der Waals surface area contributed by atoms with Crippen LogP contribution in [0.3, 0.4) is 0 Å². The van der Waals surface area contributed by atoms with Crippen LogP contribution >= 0.6 is 0 Å². The Morgan fingerprint density at radius 3 is 2.91 bits per heavy atom. The number of anilines is 2. The average Bonchev–Trinajstić information content (AvgIpc) is 2.05. The number of nitrogens with zero attached hydrogens (tertiary/aromatic N) is 2. The molecule has 1 rings (SSSR count). The third kappa shape index (κ3) is 1.38. The van der Waals surface area contributed by atoms with Crippen molar-refractivity contribution < 1.29 is 0 Å². The summed E-state index contributed by atoms with van der Waals surface area (Å²) in [5, 5.41) is 11.3. The second-order valence-corrected chi connectivity index (χ2v) is 2.00. The highest BCUT2D eigenvalue weighted by molar-refractivity contribution is 5.61. The van der Waals surface area contributed by atoms with Gasteiger partial charge in [0.15, 0.2) is 5.82 Å². The number of aromatic nitrogens is 1. The SMILES string of the molecule is CNc1nc(C#N)ccc1N. The van der Waals surface area contributed by atoms with E-state index in [1.807, 2.05) is 6.07 Å². The van der Waals surface area contributed by atoms with Gasteiger partial charge >= 0.3 is 0 Å². The Hall–Kier alpha value is -1.76. The zero-order valence-corrected chi connectivity index (χ0v) is 6.13. The molecule has 0 fully saturated rings. The zero-order valence-electron chi connectivity index (χ0n) is 6.13. The minimum atomic E-state index is 0.364. The van der Waals surface area contributed by atoms with Gasteiger partial charge in [-0.15, -0.1) is 0 Å². The van der Waals surface area contributed by atoms with E-state index in [2.05, 4.69) is 10.3 Å². The highest BCUT2D eigenvalue weighted by atomic mass is 15.0. The van der Waals surface area contributed by atoms with E-state index in [1.165, 1.54) is 0 Å². The number of nitriles is 1. The Balaban J connectivity index is 3.15. The molecule has 0 aliphatic rings. The van der Waals surface area contributed by atoms with Crippen molar-refractivity contribution in [1.82, 2.24) is 4.98 Å². The van der Waals surface area contributed by atoms with Crippen LogP contribution in [0.2, 0.25) is 0 Å². The van der Waals surface area contributed by atoms with Crippen molar-refractivity contribution in [3.63, 3.8) is 0 Å². The largest absolute Gasteiger partial charge is 0.396 e. The fraction of sp³-hybridized carbons (Fsp3) is 0.143. The Kier molecular flexibility index (Phi) is 1.93. The highest BCUT2D eigenvalue weighted by Crippen LogP contribution is 2.13. The van der Waals surface area contributed by atoms with E-state index in [0.717, 1.165) is 0 Å². The molecule has 0 unspecified atom stereocenters. The summed E-state index contributed by atoms with van der Waals surface area (Å²) in [6.45, 7) is 0. The minimum Gasteiger partial charge on any atom is -0.396 e. The summed E-state index contributed by atoms with van der Waals surface area (Å²) in [7, 11) is 1.71. The third-order valence-corrected chi connectivity index (χ3v) is 1.28. The summed E-state index contributed by atoms with van der Waals surface area (Å²) >= 11 is 0. The molecule has 4 heteroatoms. The lowest BCUT2D eigenvalue weighted by Crippen LogP contribution is -1.99. The highest BCUT2D eigenvalue weighted by Gasteiger charge is 1.98. The molecule has 11 heavy (non-hydrogen) atoms. The van der Waals surface area contributed by atoms with Gasteiger partial charge in [-0.3, -0.25) is 0 Å². The topological polar surface area (TPSA) is 74.7 Å².